The van der Waals surface area contributed by atoms with Crippen LogP contribution in [0.25, 0.3) is 5.52 Å². The zero-order chi connectivity index (χ0) is 28.5. The van der Waals surface area contributed by atoms with Crippen molar-refractivity contribution in [2.24, 2.45) is 5.92 Å². The fraction of sp³-hybridized carbons (Fsp3) is 0.294. The number of benzene rings is 3. The Morgan fingerprint density at radius 3 is 2.15 bits per heavy atom. The molecule has 6 rings (SSSR count). The van der Waals surface area contributed by atoms with Crippen LogP contribution in [0.4, 0.5) is 10.2 Å². The maximum Gasteiger partial charge on any atom is 0.155 e. The molecular weight excluding hydrogens is 515 g/mol. The average molecular weight is 551 g/mol. The molecule has 1 aliphatic heterocycles. The number of rotatable bonds is 9. The largest absolute Gasteiger partial charge is 0.497 e. The summed E-state index contributed by atoms with van der Waals surface area (Å²) >= 11 is 0. The van der Waals surface area contributed by atoms with Crippen molar-refractivity contribution in [2.75, 3.05) is 19.1 Å². The number of alkyl halides is 1. The van der Waals surface area contributed by atoms with E-state index >= 15 is 0 Å². The third-order valence-electron chi connectivity index (χ3n) is 8.72. The average Bonchev–Trinajstić information content (AvgIpc) is 3.62. The fourth-order valence-electron chi connectivity index (χ4n) is 6.26. The monoisotopic (exact) mass is 550 g/mol. The molecule has 3 aromatic carbocycles. The molecule has 210 valence electrons. The molecule has 0 radical (unpaired) electrons. The lowest BCUT2D eigenvalue weighted by atomic mass is 9.77. The van der Waals surface area contributed by atoms with Crippen molar-refractivity contribution in [3.8, 4) is 5.75 Å². The number of nitrogens with zero attached hydrogens (tertiary/aromatic N) is 3. The van der Waals surface area contributed by atoms with Crippen molar-refractivity contribution in [3.05, 3.63) is 126 Å². The summed E-state index contributed by atoms with van der Waals surface area (Å²) in [5.41, 5.74) is 3.33. The molecule has 0 aliphatic carbocycles. The molecule has 3 atom stereocenters. The molecule has 7 heteroatoms. The van der Waals surface area contributed by atoms with Crippen LogP contribution in [-0.4, -0.2) is 34.0 Å². The summed E-state index contributed by atoms with van der Waals surface area (Å²) in [6, 6.07) is 32.9. The Balaban J connectivity index is 1.50. The number of fused-ring (bicyclic) bond motifs is 1. The van der Waals surface area contributed by atoms with Crippen LogP contribution < -0.4 is 10.1 Å². The van der Waals surface area contributed by atoms with Crippen LogP contribution in [-0.2, 0) is 10.3 Å². The van der Waals surface area contributed by atoms with Gasteiger partial charge in [0.25, 0.3) is 0 Å². The van der Waals surface area contributed by atoms with E-state index in [1.54, 1.807) is 13.4 Å². The second-order valence-electron chi connectivity index (χ2n) is 10.8. The Morgan fingerprint density at radius 2 is 1.59 bits per heavy atom. The summed E-state index contributed by atoms with van der Waals surface area (Å²) in [6.45, 7) is 3.57. The van der Waals surface area contributed by atoms with Crippen molar-refractivity contribution >= 4 is 11.3 Å². The molecule has 5 aromatic rings. The number of anilines is 1. The van der Waals surface area contributed by atoms with Gasteiger partial charge < -0.3 is 14.8 Å². The summed E-state index contributed by atoms with van der Waals surface area (Å²) in [6.07, 6.45) is 2.68. The summed E-state index contributed by atoms with van der Waals surface area (Å²) in [7, 11) is 1.67. The standard InChI is InChI=1S/C34H35FN4O2/c1-4-33(22-35)24(2)21-31(41-33)29-19-20-30-32(36-23-37-39(29)30)38-34(25-11-7-5-8-12-25,26-13-9-6-10-14-26)27-15-17-28(40-3)18-16-27/h5-20,23-24,31H,4,21-22H2,1-3H3,(H,36,37,38)/t24-,31+,33-/m0/s1. The Labute approximate surface area is 240 Å². The van der Waals surface area contributed by atoms with Gasteiger partial charge in [0, 0.05) is 0 Å². The number of hydrogen-bond acceptors (Lipinski definition) is 5. The van der Waals surface area contributed by atoms with E-state index < -0.39 is 17.8 Å². The van der Waals surface area contributed by atoms with E-state index in [1.165, 1.54) is 0 Å². The third kappa shape index (κ3) is 4.54. The number of methoxy groups -OCH3 is 1. The molecule has 0 amide bonds. The third-order valence-corrected chi connectivity index (χ3v) is 8.72. The minimum Gasteiger partial charge on any atom is -0.497 e. The topological polar surface area (TPSA) is 60.7 Å². The first-order chi connectivity index (χ1) is 20.0. The lowest BCUT2D eigenvalue weighted by molar-refractivity contribution is -0.0754. The van der Waals surface area contributed by atoms with Gasteiger partial charge in [-0.2, -0.15) is 5.10 Å². The first-order valence-corrected chi connectivity index (χ1v) is 14.1. The van der Waals surface area contributed by atoms with Gasteiger partial charge in [-0.25, -0.2) is 13.9 Å². The predicted octanol–water partition coefficient (Wildman–Crippen LogP) is 7.36. The number of nitrogens with one attached hydrogen (secondary N) is 1. The maximum atomic E-state index is 14.1. The van der Waals surface area contributed by atoms with Gasteiger partial charge in [0.05, 0.1) is 18.4 Å². The van der Waals surface area contributed by atoms with E-state index in [4.69, 9.17) is 14.5 Å². The van der Waals surface area contributed by atoms with Gasteiger partial charge >= 0.3 is 0 Å². The van der Waals surface area contributed by atoms with Crippen molar-refractivity contribution in [3.63, 3.8) is 0 Å². The number of hydrogen-bond donors (Lipinski definition) is 1. The Hall–Kier alpha value is -4.23. The number of halogens is 1. The van der Waals surface area contributed by atoms with Gasteiger partial charge in [-0.05, 0) is 59.7 Å². The molecule has 1 saturated heterocycles. The smallest absolute Gasteiger partial charge is 0.155 e. The second-order valence-corrected chi connectivity index (χ2v) is 10.8. The van der Waals surface area contributed by atoms with Crippen molar-refractivity contribution in [1.29, 1.82) is 0 Å². The van der Waals surface area contributed by atoms with Gasteiger partial charge in [-0.3, -0.25) is 0 Å². The number of ether oxygens (including phenoxy) is 2. The van der Waals surface area contributed by atoms with Gasteiger partial charge in [-0.1, -0.05) is 86.6 Å². The quantitative estimate of drug-likeness (QED) is 0.194. The molecule has 0 bridgehead atoms. The first kappa shape index (κ1) is 27.0. The van der Waals surface area contributed by atoms with E-state index in [2.05, 4.69) is 53.7 Å². The van der Waals surface area contributed by atoms with E-state index in [-0.39, 0.29) is 12.0 Å². The molecule has 1 aliphatic rings. The minimum atomic E-state index is -0.780. The minimum absolute atomic E-state index is 0.103. The van der Waals surface area contributed by atoms with Crippen LogP contribution >= 0.6 is 0 Å². The fourth-order valence-corrected chi connectivity index (χ4v) is 6.26. The molecular formula is C34H35FN4O2. The Bertz CT molecular complexity index is 1560. The zero-order valence-corrected chi connectivity index (χ0v) is 23.6. The summed E-state index contributed by atoms with van der Waals surface area (Å²) < 4.78 is 27.9. The van der Waals surface area contributed by atoms with E-state index in [0.717, 1.165) is 40.1 Å². The lowest BCUT2D eigenvalue weighted by Crippen LogP contribution is -2.38. The Morgan fingerprint density at radius 1 is 0.951 bits per heavy atom. The molecule has 0 spiro atoms. The van der Waals surface area contributed by atoms with Crippen molar-refractivity contribution < 1.29 is 13.9 Å². The predicted molar refractivity (Wildman–Crippen MR) is 159 cm³/mol. The molecule has 0 unspecified atom stereocenters. The molecule has 0 saturated carbocycles. The highest BCUT2D eigenvalue weighted by Crippen LogP contribution is 2.46. The van der Waals surface area contributed by atoms with E-state index in [9.17, 15) is 4.39 Å². The van der Waals surface area contributed by atoms with Crippen LogP contribution in [0.15, 0.2) is 103 Å². The van der Waals surface area contributed by atoms with Crippen molar-refractivity contribution in [1.82, 2.24) is 14.6 Å². The van der Waals surface area contributed by atoms with E-state index in [0.29, 0.717) is 12.2 Å². The van der Waals surface area contributed by atoms with Crippen LogP contribution in [0.5, 0.6) is 5.75 Å². The SMILES string of the molecule is CC[C@@]1(CF)O[C@@H](c2ccc3c(NC(c4ccccc4)(c4ccccc4)c4ccc(OC)cc4)ncnn23)C[C@@H]1C. The van der Waals surface area contributed by atoms with Crippen LogP contribution in [0, 0.1) is 5.92 Å². The molecule has 6 nitrogen and oxygen atoms in total. The summed E-state index contributed by atoms with van der Waals surface area (Å²) in [5.74, 6) is 1.56. The maximum absolute atomic E-state index is 14.1. The summed E-state index contributed by atoms with van der Waals surface area (Å²) in [4.78, 5) is 4.75. The first-order valence-electron chi connectivity index (χ1n) is 14.1. The molecule has 41 heavy (non-hydrogen) atoms. The zero-order valence-electron chi connectivity index (χ0n) is 23.6. The number of aromatic nitrogens is 3. The highest BCUT2D eigenvalue weighted by Gasteiger charge is 2.46. The van der Waals surface area contributed by atoms with E-state index in [1.807, 2.05) is 72.1 Å². The highest BCUT2D eigenvalue weighted by molar-refractivity contribution is 5.72. The lowest BCUT2D eigenvalue weighted by Gasteiger charge is -2.37. The van der Waals surface area contributed by atoms with Crippen LogP contribution in [0.2, 0.25) is 0 Å². The van der Waals surface area contributed by atoms with Crippen molar-refractivity contribution in [2.45, 2.75) is 43.9 Å². The molecule has 3 heterocycles. The molecule has 1 fully saturated rings. The van der Waals surface area contributed by atoms with Gasteiger partial charge in [0.1, 0.15) is 35.9 Å². The van der Waals surface area contributed by atoms with Gasteiger partial charge in [-0.15, -0.1) is 0 Å². The molecule has 1 N–H and O–H groups in total. The second kappa shape index (κ2) is 11.0. The highest BCUT2D eigenvalue weighted by atomic mass is 19.1. The normalized spacial score (nSPS) is 20.8. The van der Waals surface area contributed by atoms with Crippen LogP contribution in [0.1, 0.15) is 55.2 Å². The van der Waals surface area contributed by atoms with Gasteiger partial charge in [0.2, 0.25) is 0 Å². The van der Waals surface area contributed by atoms with Gasteiger partial charge in [0.15, 0.2) is 5.82 Å². The molecule has 2 aromatic heterocycles. The van der Waals surface area contributed by atoms with Crippen LogP contribution in [0.3, 0.4) is 0 Å². The summed E-state index contributed by atoms with van der Waals surface area (Å²) in [5, 5.41) is 8.48. The Kier molecular flexibility index (Phi) is 7.22.